The van der Waals surface area contributed by atoms with Crippen LogP contribution in [0.5, 0.6) is 0 Å². The third-order valence-electron chi connectivity index (χ3n) is 3.78. The summed E-state index contributed by atoms with van der Waals surface area (Å²) in [6.45, 7) is 7.18. The van der Waals surface area contributed by atoms with Crippen LogP contribution in [0.25, 0.3) is 0 Å². The fourth-order valence-electron chi connectivity index (χ4n) is 2.09. The van der Waals surface area contributed by atoms with Gasteiger partial charge in [-0.15, -0.1) is 0 Å². The Kier molecular flexibility index (Phi) is 7.05. The lowest BCUT2D eigenvalue weighted by Crippen LogP contribution is -2.40. The molecule has 0 spiro atoms. The van der Waals surface area contributed by atoms with Crippen LogP contribution in [0.1, 0.15) is 44.4 Å². The maximum Gasteiger partial charge on any atom is 0.222 e. The summed E-state index contributed by atoms with van der Waals surface area (Å²) in [7, 11) is 0. The molecule has 3 atom stereocenters. The quantitative estimate of drug-likeness (QED) is 0.717. The summed E-state index contributed by atoms with van der Waals surface area (Å²) < 4.78 is 0. The molecule has 0 aliphatic heterocycles. The van der Waals surface area contributed by atoms with E-state index >= 15 is 0 Å². The van der Waals surface area contributed by atoms with Gasteiger partial charge in [0.05, 0.1) is 12.5 Å². The Labute approximate surface area is 132 Å². The van der Waals surface area contributed by atoms with Gasteiger partial charge in [0.1, 0.15) is 0 Å². The average molecular weight is 306 g/mol. The zero-order chi connectivity index (χ0) is 16.7. The van der Waals surface area contributed by atoms with Crippen molar-refractivity contribution in [1.82, 2.24) is 10.6 Å². The van der Waals surface area contributed by atoms with Crippen molar-refractivity contribution < 1.29 is 14.7 Å². The van der Waals surface area contributed by atoms with Gasteiger partial charge in [0.15, 0.2) is 0 Å². The van der Waals surface area contributed by atoms with Gasteiger partial charge in [-0.25, -0.2) is 0 Å². The fraction of sp³-hybridized carbons (Fsp3) is 0.529. The Morgan fingerprint density at radius 2 is 1.73 bits per heavy atom. The number of aliphatic hydroxyl groups is 1. The Bertz CT molecular complexity index is 499. The number of aryl methyl sites for hydroxylation is 1. The molecule has 22 heavy (non-hydrogen) atoms. The first-order valence-corrected chi connectivity index (χ1v) is 7.57. The van der Waals surface area contributed by atoms with Crippen molar-refractivity contribution in [3.8, 4) is 0 Å². The molecular formula is C17H26N2O3. The Morgan fingerprint density at radius 3 is 2.23 bits per heavy atom. The molecule has 1 aromatic rings. The van der Waals surface area contributed by atoms with Crippen LogP contribution in [-0.4, -0.2) is 29.6 Å². The molecule has 0 heterocycles. The number of hydrogen-bond donors (Lipinski definition) is 3. The van der Waals surface area contributed by atoms with E-state index in [1.807, 2.05) is 45.0 Å². The zero-order valence-corrected chi connectivity index (χ0v) is 13.7. The van der Waals surface area contributed by atoms with Crippen LogP contribution in [0.2, 0.25) is 0 Å². The minimum atomic E-state index is -0.352. The van der Waals surface area contributed by atoms with E-state index in [1.165, 1.54) is 6.92 Å². The predicted octanol–water partition coefficient (Wildman–Crippen LogP) is 1.70. The molecule has 1 aromatic carbocycles. The molecule has 122 valence electrons. The van der Waals surface area contributed by atoms with Gasteiger partial charge in [0, 0.05) is 19.6 Å². The van der Waals surface area contributed by atoms with Gasteiger partial charge in [-0.2, -0.15) is 0 Å². The van der Waals surface area contributed by atoms with Crippen molar-refractivity contribution in [2.24, 2.45) is 5.92 Å². The van der Waals surface area contributed by atoms with Crippen molar-refractivity contribution in [1.29, 1.82) is 0 Å². The van der Waals surface area contributed by atoms with Crippen LogP contribution in [0.3, 0.4) is 0 Å². The maximum atomic E-state index is 12.2. The van der Waals surface area contributed by atoms with Crippen LogP contribution in [0.15, 0.2) is 24.3 Å². The molecule has 1 rings (SSSR count). The monoisotopic (exact) mass is 306 g/mol. The van der Waals surface area contributed by atoms with E-state index in [2.05, 4.69) is 10.6 Å². The highest BCUT2D eigenvalue weighted by atomic mass is 16.3. The number of nitrogens with one attached hydrogen (secondary N) is 2. The van der Waals surface area contributed by atoms with Crippen molar-refractivity contribution in [3.05, 3.63) is 35.4 Å². The average Bonchev–Trinajstić information content (AvgIpc) is 2.45. The number of rotatable bonds is 7. The van der Waals surface area contributed by atoms with E-state index in [1.54, 1.807) is 0 Å². The number of carbonyl (C=O) groups is 2. The van der Waals surface area contributed by atoms with Gasteiger partial charge in [-0.1, -0.05) is 36.8 Å². The molecule has 0 bridgehead atoms. The predicted molar refractivity (Wildman–Crippen MR) is 86.2 cm³/mol. The third-order valence-corrected chi connectivity index (χ3v) is 3.78. The van der Waals surface area contributed by atoms with Crippen LogP contribution < -0.4 is 10.6 Å². The molecule has 5 nitrogen and oxygen atoms in total. The smallest absolute Gasteiger partial charge is 0.222 e. The molecule has 0 fully saturated rings. The summed E-state index contributed by atoms with van der Waals surface area (Å²) in [5, 5.41) is 14.8. The summed E-state index contributed by atoms with van der Waals surface area (Å²) in [6, 6.07) is 7.28. The van der Waals surface area contributed by atoms with E-state index in [9.17, 15) is 9.59 Å². The third kappa shape index (κ3) is 5.85. The normalized spacial score (nSPS) is 14.8. The largest absolute Gasteiger partial charge is 0.396 e. The molecule has 0 aliphatic carbocycles. The summed E-state index contributed by atoms with van der Waals surface area (Å²) >= 11 is 0. The molecule has 2 amide bonds. The van der Waals surface area contributed by atoms with Gasteiger partial charge < -0.3 is 15.7 Å². The van der Waals surface area contributed by atoms with Gasteiger partial charge >= 0.3 is 0 Å². The molecule has 3 unspecified atom stereocenters. The highest BCUT2D eigenvalue weighted by Crippen LogP contribution is 2.18. The van der Waals surface area contributed by atoms with Crippen molar-refractivity contribution in [2.75, 3.05) is 6.61 Å². The lowest BCUT2D eigenvalue weighted by molar-refractivity contribution is -0.123. The molecule has 0 aromatic heterocycles. The van der Waals surface area contributed by atoms with E-state index in [-0.39, 0.29) is 42.8 Å². The van der Waals surface area contributed by atoms with E-state index < -0.39 is 0 Å². The Balaban J connectivity index is 2.74. The summed E-state index contributed by atoms with van der Waals surface area (Å²) in [5.74, 6) is -0.329. The second-order valence-electron chi connectivity index (χ2n) is 5.88. The first-order valence-electron chi connectivity index (χ1n) is 7.57. The standard InChI is InChI=1S/C17H26N2O3/c1-11-5-7-15(8-6-11)16(19-14(4)21)9-17(22)18-13(3)12(2)10-20/h5-8,12-13,16,20H,9-10H2,1-4H3,(H,18,22)(H,19,21). The molecule has 0 saturated carbocycles. The molecule has 0 saturated heterocycles. The Hall–Kier alpha value is -1.88. The first kappa shape index (κ1) is 18.2. The fourth-order valence-corrected chi connectivity index (χ4v) is 2.09. The second-order valence-corrected chi connectivity index (χ2v) is 5.88. The molecular weight excluding hydrogens is 280 g/mol. The number of benzene rings is 1. The molecule has 0 radical (unpaired) electrons. The maximum absolute atomic E-state index is 12.2. The number of amides is 2. The van der Waals surface area contributed by atoms with Crippen LogP contribution in [0.4, 0.5) is 0 Å². The van der Waals surface area contributed by atoms with Gasteiger partial charge in [-0.05, 0) is 25.3 Å². The summed E-state index contributed by atoms with van der Waals surface area (Å²) in [4.78, 5) is 23.5. The topological polar surface area (TPSA) is 78.4 Å². The highest BCUT2D eigenvalue weighted by Gasteiger charge is 2.20. The number of carbonyl (C=O) groups excluding carboxylic acids is 2. The number of aliphatic hydroxyl groups excluding tert-OH is 1. The van der Waals surface area contributed by atoms with Crippen molar-refractivity contribution in [2.45, 2.75) is 46.2 Å². The van der Waals surface area contributed by atoms with Crippen molar-refractivity contribution >= 4 is 11.8 Å². The van der Waals surface area contributed by atoms with Crippen LogP contribution in [-0.2, 0) is 9.59 Å². The van der Waals surface area contributed by atoms with Gasteiger partial charge in [0.2, 0.25) is 11.8 Å². The van der Waals surface area contributed by atoms with E-state index in [0.29, 0.717) is 0 Å². The lowest BCUT2D eigenvalue weighted by Gasteiger charge is -2.22. The zero-order valence-electron chi connectivity index (χ0n) is 13.7. The first-order chi connectivity index (χ1) is 10.3. The van der Waals surface area contributed by atoms with E-state index in [0.717, 1.165) is 11.1 Å². The molecule has 5 heteroatoms. The molecule has 0 aliphatic rings. The Morgan fingerprint density at radius 1 is 1.14 bits per heavy atom. The minimum absolute atomic E-state index is 0.0115. The van der Waals surface area contributed by atoms with Crippen LogP contribution in [0, 0.1) is 12.8 Å². The number of hydrogen-bond acceptors (Lipinski definition) is 3. The van der Waals surface area contributed by atoms with Crippen molar-refractivity contribution in [3.63, 3.8) is 0 Å². The summed E-state index contributed by atoms with van der Waals surface area (Å²) in [5.41, 5.74) is 2.03. The minimum Gasteiger partial charge on any atom is -0.396 e. The molecule has 3 N–H and O–H groups in total. The van der Waals surface area contributed by atoms with E-state index in [4.69, 9.17) is 5.11 Å². The SMILES string of the molecule is CC(=O)NC(CC(=O)NC(C)C(C)CO)c1ccc(C)cc1. The highest BCUT2D eigenvalue weighted by molar-refractivity contribution is 5.79. The van der Waals surface area contributed by atoms with Gasteiger partial charge in [0.25, 0.3) is 0 Å². The summed E-state index contributed by atoms with van der Waals surface area (Å²) in [6.07, 6.45) is 0.172. The van der Waals surface area contributed by atoms with Crippen LogP contribution >= 0.6 is 0 Å². The second kappa shape index (κ2) is 8.54. The van der Waals surface area contributed by atoms with Gasteiger partial charge in [-0.3, -0.25) is 9.59 Å². The lowest BCUT2D eigenvalue weighted by atomic mass is 10.0.